The van der Waals surface area contributed by atoms with Gasteiger partial charge in [0.1, 0.15) is 11.5 Å². The van der Waals surface area contributed by atoms with E-state index in [-0.39, 0.29) is 11.5 Å². The van der Waals surface area contributed by atoms with Crippen LogP contribution in [-0.2, 0) is 12.6 Å². The van der Waals surface area contributed by atoms with Gasteiger partial charge in [-0.1, -0.05) is 24.3 Å². The first kappa shape index (κ1) is 19.2. The number of halogens is 3. The first-order valence-electron chi connectivity index (χ1n) is 9.63. The quantitative estimate of drug-likeness (QED) is 0.347. The van der Waals surface area contributed by atoms with Gasteiger partial charge in [0.05, 0.1) is 17.0 Å². The fourth-order valence-electron chi connectivity index (χ4n) is 4.00. The van der Waals surface area contributed by atoms with Gasteiger partial charge in [-0.2, -0.15) is 13.2 Å². The number of hydrogen-bond acceptors (Lipinski definition) is 3. The molecule has 1 heterocycles. The second-order valence-electron chi connectivity index (χ2n) is 7.52. The van der Waals surface area contributed by atoms with E-state index in [2.05, 4.69) is 0 Å². The Morgan fingerprint density at radius 2 is 1.35 bits per heavy atom. The van der Waals surface area contributed by atoms with Gasteiger partial charge in [0.25, 0.3) is 0 Å². The van der Waals surface area contributed by atoms with E-state index < -0.39 is 11.7 Å². The topological polar surface area (TPSA) is 53.4 Å². The van der Waals surface area contributed by atoms with Crippen molar-refractivity contribution in [3.05, 3.63) is 89.5 Å². The van der Waals surface area contributed by atoms with Crippen molar-refractivity contribution in [3.63, 3.8) is 0 Å². The Morgan fingerprint density at radius 1 is 0.710 bits per heavy atom. The van der Waals surface area contributed by atoms with E-state index in [1.165, 1.54) is 12.1 Å². The van der Waals surface area contributed by atoms with Crippen molar-refractivity contribution in [2.45, 2.75) is 12.6 Å². The van der Waals surface area contributed by atoms with E-state index >= 15 is 0 Å². The zero-order valence-corrected chi connectivity index (χ0v) is 16.1. The second kappa shape index (κ2) is 6.87. The van der Waals surface area contributed by atoms with Crippen LogP contribution in [0.1, 0.15) is 16.7 Å². The molecule has 2 N–H and O–H groups in total. The Hall–Kier alpha value is -3.80. The van der Waals surface area contributed by atoms with Crippen LogP contribution in [0.5, 0.6) is 11.5 Å². The van der Waals surface area contributed by atoms with Gasteiger partial charge in [0, 0.05) is 17.5 Å². The number of aromatic nitrogens is 1. The molecule has 0 aliphatic heterocycles. The molecule has 0 saturated heterocycles. The maximum atomic E-state index is 13.0. The van der Waals surface area contributed by atoms with Crippen LogP contribution in [0.2, 0.25) is 0 Å². The molecule has 3 aromatic carbocycles. The first-order valence-corrected chi connectivity index (χ1v) is 9.63. The van der Waals surface area contributed by atoms with Crippen LogP contribution in [-0.4, -0.2) is 15.2 Å². The average Bonchev–Trinajstić information content (AvgIpc) is 3.10. The molecule has 0 spiro atoms. The minimum atomic E-state index is -4.40. The molecule has 1 aliphatic rings. The van der Waals surface area contributed by atoms with E-state index in [4.69, 9.17) is 4.98 Å². The minimum Gasteiger partial charge on any atom is -0.508 e. The zero-order valence-electron chi connectivity index (χ0n) is 16.1. The fourth-order valence-corrected chi connectivity index (χ4v) is 4.00. The number of rotatable bonds is 2. The first-order chi connectivity index (χ1) is 14.8. The van der Waals surface area contributed by atoms with Crippen LogP contribution in [0.3, 0.4) is 0 Å². The molecule has 5 rings (SSSR count). The number of alkyl halides is 3. The Morgan fingerprint density at radius 3 is 2.03 bits per heavy atom. The van der Waals surface area contributed by atoms with Gasteiger partial charge in [0.2, 0.25) is 0 Å². The highest BCUT2D eigenvalue weighted by molar-refractivity contribution is 5.86. The summed E-state index contributed by atoms with van der Waals surface area (Å²) >= 11 is 0. The van der Waals surface area contributed by atoms with E-state index in [1.54, 1.807) is 42.5 Å². The van der Waals surface area contributed by atoms with Crippen LogP contribution >= 0.6 is 0 Å². The van der Waals surface area contributed by atoms with Gasteiger partial charge >= 0.3 is 6.18 Å². The zero-order chi connectivity index (χ0) is 21.8. The molecular weight excluding hydrogens is 403 g/mol. The molecule has 154 valence electrons. The van der Waals surface area contributed by atoms with Crippen LogP contribution in [0.4, 0.5) is 13.2 Å². The lowest BCUT2D eigenvalue weighted by Crippen LogP contribution is -2.04. The average molecular weight is 419 g/mol. The van der Waals surface area contributed by atoms with Gasteiger partial charge in [-0.15, -0.1) is 0 Å². The van der Waals surface area contributed by atoms with Crippen molar-refractivity contribution in [1.29, 1.82) is 0 Å². The Kier molecular flexibility index (Phi) is 4.25. The van der Waals surface area contributed by atoms with Crippen LogP contribution in [0, 0.1) is 0 Å². The third kappa shape index (κ3) is 3.40. The SMILES string of the molecule is Oc1ccc(-c2cc(-c3ccc(C(F)(F)F)cc3)nc3c2Cc2cc(O)ccc2-3)cc1. The molecule has 1 aromatic heterocycles. The van der Waals surface area contributed by atoms with Crippen molar-refractivity contribution < 1.29 is 23.4 Å². The lowest BCUT2D eigenvalue weighted by Gasteiger charge is -2.13. The highest BCUT2D eigenvalue weighted by atomic mass is 19.4. The van der Waals surface area contributed by atoms with Gasteiger partial charge in [0.15, 0.2) is 0 Å². The molecule has 3 nitrogen and oxygen atoms in total. The van der Waals surface area contributed by atoms with Crippen LogP contribution < -0.4 is 0 Å². The monoisotopic (exact) mass is 419 g/mol. The molecule has 0 saturated carbocycles. The summed E-state index contributed by atoms with van der Waals surface area (Å²) in [4.78, 5) is 4.78. The van der Waals surface area contributed by atoms with E-state index in [9.17, 15) is 23.4 Å². The molecule has 0 amide bonds. The molecular formula is C25H16F3NO2. The largest absolute Gasteiger partial charge is 0.508 e. The summed E-state index contributed by atoms with van der Waals surface area (Å²) < 4.78 is 38.9. The van der Waals surface area contributed by atoms with Crippen molar-refractivity contribution >= 4 is 0 Å². The van der Waals surface area contributed by atoms with Crippen LogP contribution in [0.15, 0.2) is 72.8 Å². The van der Waals surface area contributed by atoms with Gasteiger partial charge in [-0.25, -0.2) is 4.98 Å². The standard InChI is InChI=1S/C25H16F3NO2/c26-25(27,28)17-5-1-15(2-6-17)23-13-21(14-3-7-18(30)8-4-14)22-12-16-11-19(31)9-10-20(16)24(22)29-23/h1-11,13,30-31H,12H2. The van der Waals surface area contributed by atoms with Crippen molar-refractivity contribution in [3.8, 4) is 45.1 Å². The van der Waals surface area contributed by atoms with Gasteiger partial charge in [-0.05, 0) is 70.8 Å². The van der Waals surface area contributed by atoms with E-state index in [1.807, 2.05) is 6.07 Å². The highest BCUT2D eigenvalue weighted by Gasteiger charge is 2.30. The number of phenolic OH excluding ortho intramolecular Hbond substituents is 2. The molecule has 0 bridgehead atoms. The molecule has 0 atom stereocenters. The van der Waals surface area contributed by atoms with Gasteiger partial charge < -0.3 is 10.2 Å². The van der Waals surface area contributed by atoms with Crippen molar-refractivity contribution in [2.75, 3.05) is 0 Å². The summed E-state index contributed by atoms with van der Waals surface area (Å²) in [6.07, 6.45) is -3.82. The molecule has 0 radical (unpaired) electrons. The normalized spacial score (nSPS) is 12.5. The maximum Gasteiger partial charge on any atom is 0.416 e. The maximum absolute atomic E-state index is 13.0. The number of pyridine rings is 1. The second-order valence-corrected chi connectivity index (χ2v) is 7.52. The van der Waals surface area contributed by atoms with E-state index in [0.29, 0.717) is 17.7 Å². The molecule has 4 aromatic rings. The Labute approximate surface area is 176 Å². The third-order valence-corrected chi connectivity index (χ3v) is 5.52. The van der Waals surface area contributed by atoms with Crippen molar-refractivity contribution in [2.24, 2.45) is 0 Å². The highest BCUT2D eigenvalue weighted by Crippen LogP contribution is 2.43. The molecule has 31 heavy (non-hydrogen) atoms. The minimum absolute atomic E-state index is 0.144. The lowest BCUT2D eigenvalue weighted by atomic mass is 9.96. The summed E-state index contributed by atoms with van der Waals surface area (Å²) in [5.41, 5.74) is 5.71. The summed E-state index contributed by atoms with van der Waals surface area (Å²) in [6.45, 7) is 0. The molecule has 0 fully saturated rings. The summed E-state index contributed by atoms with van der Waals surface area (Å²) in [7, 11) is 0. The molecule has 1 aliphatic carbocycles. The van der Waals surface area contributed by atoms with Crippen LogP contribution in [0.25, 0.3) is 33.6 Å². The number of phenols is 2. The Balaban J connectivity index is 1.70. The summed E-state index contributed by atoms with van der Waals surface area (Å²) in [5.74, 6) is 0.311. The lowest BCUT2D eigenvalue weighted by molar-refractivity contribution is -0.137. The summed E-state index contributed by atoms with van der Waals surface area (Å²) in [5, 5.41) is 19.5. The molecule has 6 heteroatoms. The number of benzene rings is 3. The smallest absolute Gasteiger partial charge is 0.416 e. The van der Waals surface area contributed by atoms with Gasteiger partial charge in [-0.3, -0.25) is 0 Å². The van der Waals surface area contributed by atoms with E-state index in [0.717, 1.165) is 45.6 Å². The predicted molar refractivity (Wildman–Crippen MR) is 112 cm³/mol. The predicted octanol–water partition coefficient (Wildman–Crippen LogP) is 6.42. The van der Waals surface area contributed by atoms with Crippen molar-refractivity contribution in [1.82, 2.24) is 4.98 Å². The summed E-state index contributed by atoms with van der Waals surface area (Å²) in [6, 6.07) is 18.7. The number of aromatic hydroxyl groups is 2. The Bertz CT molecular complexity index is 1290. The number of hydrogen-bond donors (Lipinski definition) is 2. The number of fused-ring (bicyclic) bond motifs is 3. The number of nitrogens with zero attached hydrogens (tertiary/aromatic N) is 1. The fraction of sp³-hybridized carbons (Fsp3) is 0.0800. The molecule has 0 unspecified atom stereocenters. The third-order valence-electron chi connectivity index (χ3n) is 5.52.